The maximum Gasteiger partial charge on any atom is 0.320 e. The van der Waals surface area contributed by atoms with Crippen LogP contribution in [0.4, 0.5) is 0 Å². The van der Waals surface area contributed by atoms with Crippen molar-refractivity contribution in [2.24, 2.45) is 0 Å². The predicted octanol–water partition coefficient (Wildman–Crippen LogP) is 1.40. The van der Waals surface area contributed by atoms with Gasteiger partial charge in [0.2, 0.25) is 0 Å². The number of carboxylic acid groups (broad SMARTS) is 1. The average molecular weight is 267 g/mol. The van der Waals surface area contributed by atoms with Gasteiger partial charge in [-0.25, -0.2) is 0 Å². The molecule has 0 aliphatic carbocycles. The summed E-state index contributed by atoms with van der Waals surface area (Å²) in [5.74, 6) is -0.196. The highest BCUT2D eigenvalue weighted by Crippen LogP contribution is 2.12. The molecule has 3 N–H and O–H groups in total. The van der Waals surface area contributed by atoms with Crippen molar-refractivity contribution in [2.45, 2.75) is 39.0 Å². The number of hydrogen-bond acceptors (Lipinski definition) is 4. The van der Waals surface area contributed by atoms with Gasteiger partial charge in [-0.1, -0.05) is 26.0 Å². The Morgan fingerprint density at radius 3 is 2.42 bits per heavy atom. The van der Waals surface area contributed by atoms with Gasteiger partial charge in [-0.3, -0.25) is 4.79 Å². The average Bonchev–Trinajstić information content (AvgIpc) is 2.37. The minimum atomic E-state index is -0.868. The zero-order valence-corrected chi connectivity index (χ0v) is 11.3. The molecule has 19 heavy (non-hydrogen) atoms. The van der Waals surface area contributed by atoms with Crippen LogP contribution in [0.2, 0.25) is 0 Å². The van der Waals surface area contributed by atoms with Gasteiger partial charge in [0.05, 0.1) is 13.2 Å². The van der Waals surface area contributed by atoms with E-state index in [4.69, 9.17) is 14.9 Å². The van der Waals surface area contributed by atoms with Crippen molar-refractivity contribution in [1.82, 2.24) is 5.32 Å². The van der Waals surface area contributed by atoms with Crippen molar-refractivity contribution in [3.05, 3.63) is 29.8 Å². The van der Waals surface area contributed by atoms with Crippen LogP contribution in [0.15, 0.2) is 24.3 Å². The Kier molecular flexibility index (Phi) is 6.32. The number of benzene rings is 1. The van der Waals surface area contributed by atoms with Crippen LogP contribution in [0, 0.1) is 0 Å². The third-order valence-corrected chi connectivity index (χ3v) is 2.61. The van der Waals surface area contributed by atoms with Gasteiger partial charge in [-0.05, 0) is 17.7 Å². The summed E-state index contributed by atoms with van der Waals surface area (Å²) in [6, 6.07) is 6.59. The maximum atomic E-state index is 11.0. The number of rotatable bonds is 8. The van der Waals surface area contributed by atoms with Crippen LogP contribution in [-0.4, -0.2) is 34.9 Å². The molecule has 1 aromatic carbocycles. The molecular weight excluding hydrogens is 246 g/mol. The first-order chi connectivity index (χ1) is 9.02. The molecule has 0 saturated heterocycles. The van der Waals surface area contributed by atoms with Crippen LogP contribution in [0.25, 0.3) is 0 Å². The summed E-state index contributed by atoms with van der Waals surface area (Å²) >= 11 is 0. The number of aliphatic hydroxyl groups is 1. The summed E-state index contributed by atoms with van der Waals surface area (Å²) in [4.78, 5) is 11.0. The van der Waals surface area contributed by atoms with Crippen molar-refractivity contribution < 1.29 is 19.7 Å². The molecule has 0 heterocycles. The molecule has 1 aromatic rings. The molecule has 0 fully saturated rings. The van der Waals surface area contributed by atoms with Crippen LogP contribution >= 0.6 is 0 Å². The Hall–Kier alpha value is -1.59. The van der Waals surface area contributed by atoms with E-state index in [1.165, 1.54) is 0 Å². The monoisotopic (exact) mass is 267 g/mol. The SMILES string of the molecule is CC(C)NC(CCOc1ccc(CO)cc1)C(=O)O. The molecule has 0 radical (unpaired) electrons. The first kappa shape index (κ1) is 15.5. The lowest BCUT2D eigenvalue weighted by molar-refractivity contribution is -0.140. The standard InChI is InChI=1S/C14H21NO4/c1-10(2)15-13(14(17)18)7-8-19-12-5-3-11(9-16)4-6-12/h3-6,10,13,15-16H,7-9H2,1-2H3,(H,17,18). The lowest BCUT2D eigenvalue weighted by Crippen LogP contribution is -2.41. The molecule has 0 aromatic heterocycles. The van der Waals surface area contributed by atoms with E-state index >= 15 is 0 Å². The fourth-order valence-electron chi connectivity index (χ4n) is 1.67. The molecule has 5 nitrogen and oxygen atoms in total. The van der Waals surface area contributed by atoms with E-state index in [2.05, 4.69) is 5.32 Å². The fourth-order valence-corrected chi connectivity index (χ4v) is 1.67. The number of hydrogen-bond donors (Lipinski definition) is 3. The maximum absolute atomic E-state index is 11.0. The predicted molar refractivity (Wildman–Crippen MR) is 72.2 cm³/mol. The topological polar surface area (TPSA) is 78.8 Å². The second-order valence-corrected chi connectivity index (χ2v) is 4.65. The van der Waals surface area contributed by atoms with Crippen LogP contribution in [0.3, 0.4) is 0 Å². The van der Waals surface area contributed by atoms with Crippen molar-refractivity contribution >= 4 is 5.97 Å². The van der Waals surface area contributed by atoms with Gasteiger partial charge in [0.25, 0.3) is 0 Å². The van der Waals surface area contributed by atoms with Crippen LogP contribution in [0.1, 0.15) is 25.8 Å². The second-order valence-electron chi connectivity index (χ2n) is 4.65. The van der Waals surface area contributed by atoms with Gasteiger partial charge < -0.3 is 20.3 Å². The molecule has 1 unspecified atom stereocenters. The van der Waals surface area contributed by atoms with E-state index < -0.39 is 12.0 Å². The summed E-state index contributed by atoms with van der Waals surface area (Å²) in [5.41, 5.74) is 0.817. The molecule has 0 aliphatic heterocycles. The van der Waals surface area contributed by atoms with Crippen molar-refractivity contribution in [1.29, 1.82) is 0 Å². The molecular formula is C14H21NO4. The van der Waals surface area contributed by atoms with Crippen LogP contribution < -0.4 is 10.1 Å². The van der Waals surface area contributed by atoms with Crippen molar-refractivity contribution in [3.8, 4) is 5.75 Å². The zero-order chi connectivity index (χ0) is 14.3. The lowest BCUT2D eigenvalue weighted by atomic mass is 10.2. The minimum Gasteiger partial charge on any atom is -0.494 e. The van der Waals surface area contributed by atoms with Gasteiger partial charge in [-0.15, -0.1) is 0 Å². The third-order valence-electron chi connectivity index (χ3n) is 2.61. The molecule has 5 heteroatoms. The van der Waals surface area contributed by atoms with Crippen molar-refractivity contribution in [3.63, 3.8) is 0 Å². The number of nitrogens with one attached hydrogen (secondary N) is 1. The highest BCUT2D eigenvalue weighted by atomic mass is 16.5. The Morgan fingerprint density at radius 1 is 1.32 bits per heavy atom. The molecule has 0 aliphatic rings. The summed E-state index contributed by atoms with van der Waals surface area (Å²) in [6.07, 6.45) is 0.398. The number of aliphatic hydroxyl groups excluding tert-OH is 1. The summed E-state index contributed by atoms with van der Waals surface area (Å²) in [7, 11) is 0. The summed E-state index contributed by atoms with van der Waals surface area (Å²) in [5, 5.41) is 20.9. The van der Waals surface area contributed by atoms with Gasteiger partial charge in [0.15, 0.2) is 0 Å². The third kappa shape index (κ3) is 5.72. The van der Waals surface area contributed by atoms with Gasteiger partial charge >= 0.3 is 5.97 Å². The highest BCUT2D eigenvalue weighted by molar-refractivity contribution is 5.73. The Labute approximate surface area is 113 Å². The number of carboxylic acids is 1. The smallest absolute Gasteiger partial charge is 0.320 e. The fraction of sp³-hybridized carbons (Fsp3) is 0.500. The largest absolute Gasteiger partial charge is 0.494 e. The first-order valence-electron chi connectivity index (χ1n) is 6.34. The molecule has 1 rings (SSSR count). The number of carbonyl (C=O) groups is 1. The summed E-state index contributed by atoms with van der Waals surface area (Å²) in [6.45, 7) is 4.14. The minimum absolute atomic E-state index is 0.000321. The number of ether oxygens (including phenoxy) is 1. The van der Waals surface area contributed by atoms with E-state index in [-0.39, 0.29) is 12.6 Å². The van der Waals surface area contributed by atoms with E-state index in [0.29, 0.717) is 18.8 Å². The van der Waals surface area contributed by atoms with E-state index in [0.717, 1.165) is 5.56 Å². The summed E-state index contributed by atoms with van der Waals surface area (Å²) < 4.78 is 5.48. The Bertz CT molecular complexity index is 389. The second kappa shape index (κ2) is 7.76. The lowest BCUT2D eigenvalue weighted by Gasteiger charge is -2.17. The van der Waals surface area contributed by atoms with Gasteiger partial charge in [0.1, 0.15) is 11.8 Å². The number of aliphatic carboxylic acids is 1. The van der Waals surface area contributed by atoms with E-state index in [1.54, 1.807) is 24.3 Å². The molecule has 1 atom stereocenters. The molecule has 106 valence electrons. The molecule has 0 amide bonds. The zero-order valence-electron chi connectivity index (χ0n) is 11.3. The molecule has 0 saturated carbocycles. The Morgan fingerprint density at radius 2 is 1.95 bits per heavy atom. The quantitative estimate of drug-likeness (QED) is 0.663. The Balaban J connectivity index is 2.40. The van der Waals surface area contributed by atoms with Crippen LogP contribution in [0.5, 0.6) is 5.75 Å². The van der Waals surface area contributed by atoms with E-state index in [9.17, 15) is 4.79 Å². The van der Waals surface area contributed by atoms with Crippen LogP contribution in [-0.2, 0) is 11.4 Å². The molecule has 0 bridgehead atoms. The van der Waals surface area contributed by atoms with Gasteiger partial charge in [0, 0.05) is 12.5 Å². The first-order valence-corrected chi connectivity index (χ1v) is 6.34. The van der Waals surface area contributed by atoms with E-state index in [1.807, 2.05) is 13.8 Å². The normalized spacial score (nSPS) is 12.4. The molecule has 0 spiro atoms. The van der Waals surface area contributed by atoms with Crippen molar-refractivity contribution in [2.75, 3.05) is 6.61 Å². The van der Waals surface area contributed by atoms with Gasteiger partial charge in [-0.2, -0.15) is 0 Å². The highest BCUT2D eigenvalue weighted by Gasteiger charge is 2.17.